The number of nitrogens with two attached hydrogens (primary N) is 2. The van der Waals surface area contributed by atoms with Crippen LogP contribution in [0.25, 0.3) is 0 Å². The van der Waals surface area contributed by atoms with E-state index in [0.29, 0.717) is 11.4 Å². The second-order valence-electron chi connectivity index (χ2n) is 3.86. The van der Waals surface area contributed by atoms with Crippen molar-refractivity contribution < 1.29 is 13.2 Å². The van der Waals surface area contributed by atoms with Crippen LogP contribution in [0.2, 0.25) is 0 Å². The summed E-state index contributed by atoms with van der Waals surface area (Å²) in [7, 11) is -0.668. The first kappa shape index (κ1) is 14.3. The highest BCUT2D eigenvalue weighted by Crippen LogP contribution is 2.23. The van der Waals surface area contributed by atoms with Crippen LogP contribution in [0, 0.1) is 0 Å². The third-order valence-electron chi connectivity index (χ3n) is 2.26. The Morgan fingerprint density at radius 1 is 1.39 bits per heavy atom. The summed E-state index contributed by atoms with van der Waals surface area (Å²) < 4.78 is 24.9. The molecule has 0 heterocycles. The number of anilines is 2. The Labute approximate surface area is 106 Å². The molecule has 7 nitrogen and oxygen atoms in total. The molecular formula is C10H16N4O3S. The monoisotopic (exact) mass is 272 g/mol. The lowest BCUT2D eigenvalue weighted by Crippen LogP contribution is -2.24. The standard InChI is InChI=1S/C10H16N4O3S/c1-14(2)18(16,17)7-3-4-8(11)9(5-7)13-6-10(12)15/h3-5,13H,6,11H2,1-2H3,(H2,12,15). The third kappa shape index (κ3) is 3.11. The average molecular weight is 272 g/mol. The topological polar surface area (TPSA) is 119 Å². The molecule has 0 atom stereocenters. The number of nitrogens with one attached hydrogen (secondary N) is 1. The van der Waals surface area contributed by atoms with Crippen LogP contribution in [0.3, 0.4) is 0 Å². The minimum atomic E-state index is -3.53. The van der Waals surface area contributed by atoms with Gasteiger partial charge in [0.1, 0.15) is 0 Å². The van der Waals surface area contributed by atoms with E-state index in [9.17, 15) is 13.2 Å². The number of nitrogen functional groups attached to an aromatic ring is 1. The van der Waals surface area contributed by atoms with E-state index in [1.807, 2.05) is 0 Å². The Balaban J connectivity index is 3.12. The number of benzene rings is 1. The predicted octanol–water partition coefficient (Wildman–Crippen LogP) is -0.584. The van der Waals surface area contributed by atoms with Crippen LogP contribution in [-0.2, 0) is 14.8 Å². The molecule has 0 bridgehead atoms. The lowest BCUT2D eigenvalue weighted by molar-refractivity contribution is -0.116. The molecule has 1 aromatic rings. The molecule has 0 aliphatic rings. The number of sulfonamides is 1. The first-order valence-corrected chi connectivity index (χ1v) is 6.53. The van der Waals surface area contributed by atoms with E-state index in [-0.39, 0.29) is 11.4 Å². The van der Waals surface area contributed by atoms with Gasteiger partial charge in [0.05, 0.1) is 22.8 Å². The van der Waals surface area contributed by atoms with Crippen molar-refractivity contribution in [3.05, 3.63) is 18.2 Å². The summed E-state index contributed by atoms with van der Waals surface area (Å²) in [5.41, 5.74) is 11.4. The maximum Gasteiger partial charge on any atom is 0.242 e. The number of rotatable bonds is 5. The highest BCUT2D eigenvalue weighted by molar-refractivity contribution is 7.89. The van der Waals surface area contributed by atoms with Gasteiger partial charge < -0.3 is 16.8 Å². The van der Waals surface area contributed by atoms with Crippen LogP contribution < -0.4 is 16.8 Å². The van der Waals surface area contributed by atoms with Crippen molar-refractivity contribution in [1.29, 1.82) is 0 Å². The molecule has 100 valence electrons. The number of carbonyl (C=O) groups is 1. The third-order valence-corrected chi connectivity index (χ3v) is 4.07. The molecule has 1 amide bonds. The molecule has 5 N–H and O–H groups in total. The van der Waals surface area contributed by atoms with Crippen molar-refractivity contribution in [3.63, 3.8) is 0 Å². The van der Waals surface area contributed by atoms with Gasteiger partial charge >= 0.3 is 0 Å². The molecule has 0 saturated heterocycles. The molecule has 0 radical (unpaired) electrons. The van der Waals surface area contributed by atoms with Crippen LogP contribution in [0.1, 0.15) is 0 Å². The molecule has 8 heteroatoms. The second kappa shape index (κ2) is 5.23. The Kier molecular flexibility index (Phi) is 4.15. The molecule has 1 aromatic carbocycles. The summed E-state index contributed by atoms with van der Waals surface area (Å²) in [5.74, 6) is -0.560. The first-order valence-electron chi connectivity index (χ1n) is 5.09. The smallest absolute Gasteiger partial charge is 0.242 e. The highest BCUT2D eigenvalue weighted by atomic mass is 32.2. The molecule has 0 fully saturated rings. The van der Waals surface area contributed by atoms with E-state index in [2.05, 4.69) is 5.32 Å². The normalized spacial score (nSPS) is 11.5. The molecular weight excluding hydrogens is 256 g/mol. The lowest BCUT2D eigenvalue weighted by atomic mass is 10.2. The predicted molar refractivity (Wildman–Crippen MR) is 69.4 cm³/mol. The van der Waals surface area contributed by atoms with E-state index in [0.717, 1.165) is 4.31 Å². The molecule has 0 aromatic heterocycles. The summed E-state index contributed by atoms with van der Waals surface area (Å²) in [6.07, 6.45) is 0. The van der Waals surface area contributed by atoms with E-state index >= 15 is 0 Å². The molecule has 18 heavy (non-hydrogen) atoms. The second-order valence-corrected chi connectivity index (χ2v) is 6.01. The van der Waals surface area contributed by atoms with Crippen LogP contribution in [-0.4, -0.2) is 39.3 Å². The maximum atomic E-state index is 11.9. The zero-order valence-corrected chi connectivity index (χ0v) is 11.0. The first-order chi connectivity index (χ1) is 8.25. The van der Waals surface area contributed by atoms with Gasteiger partial charge in [-0.2, -0.15) is 0 Å². The summed E-state index contributed by atoms with van der Waals surface area (Å²) in [5, 5.41) is 2.68. The summed E-state index contributed by atoms with van der Waals surface area (Å²) >= 11 is 0. The van der Waals surface area contributed by atoms with Gasteiger partial charge in [-0.1, -0.05) is 0 Å². The molecule has 0 aliphatic heterocycles. The number of carbonyl (C=O) groups excluding carboxylic acids is 1. The Morgan fingerprint density at radius 3 is 2.50 bits per heavy atom. The van der Waals surface area contributed by atoms with Gasteiger partial charge in [-0.15, -0.1) is 0 Å². The number of hydrogen-bond acceptors (Lipinski definition) is 5. The quantitative estimate of drug-likeness (QED) is 0.619. The van der Waals surface area contributed by atoms with Crippen molar-refractivity contribution in [1.82, 2.24) is 4.31 Å². The number of hydrogen-bond donors (Lipinski definition) is 3. The fourth-order valence-electron chi connectivity index (χ4n) is 1.24. The van der Waals surface area contributed by atoms with E-state index in [4.69, 9.17) is 11.5 Å². The van der Waals surface area contributed by atoms with Crippen LogP contribution >= 0.6 is 0 Å². The van der Waals surface area contributed by atoms with Crippen molar-refractivity contribution in [3.8, 4) is 0 Å². The van der Waals surface area contributed by atoms with Gasteiger partial charge in [0.25, 0.3) is 0 Å². The zero-order chi connectivity index (χ0) is 13.9. The van der Waals surface area contributed by atoms with Gasteiger partial charge in [0.15, 0.2) is 0 Å². The van der Waals surface area contributed by atoms with Crippen LogP contribution in [0.5, 0.6) is 0 Å². The molecule has 0 saturated carbocycles. The summed E-state index contributed by atoms with van der Waals surface area (Å²) in [6, 6.07) is 4.23. The molecule has 0 aliphatic carbocycles. The highest BCUT2D eigenvalue weighted by Gasteiger charge is 2.18. The van der Waals surface area contributed by atoms with Crippen LogP contribution in [0.15, 0.2) is 23.1 Å². The summed E-state index contributed by atoms with van der Waals surface area (Å²) in [4.78, 5) is 10.8. The molecule has 1 rings (SSSR count). The Morgan fingerprint density at radius 2 is 2.00 bits per heavy atom. The Bertz CT molecular complexity index is 554. The number of amides is 1. The van der Waals surface area contributed by atoms with Gasteiger partial charge in [-0.3, -0.25) is 4.79 Å². The van der Waals surface area contributed by atoms with Crippen molar-refractivity contribution in [2.24, 2.45) is 5.73 Å². The van der Waals surface area contributed by atoms with E-state index in [1.54, 1.807) is 0 Å². The summed E-state index contributed by atoms with van der Waals surface area (Å²) in [6.45, 7) is -0.115. The van der Waals surface area contributed by atoms with Gasteiger partial charge in [0.2, 0.25) is 15.9 Å². The van der Waals surface area contributed by atoms with Gasteiger partial charge in [-0.05, 0) is 18.2 Å². The fraction of sp³-hybridized carbons (Fsp3) is 0.300. The average Bonchev–Trinajstić information content (AvgIpc) is 2.27. The minimum absolute atomic E-state index is 0.0914. The van der Waals surface area contributed by atoms with Crippen LogP contribution in [0.4, 0.5) is 11.4 Å². The van der Waals surface area contributed by atoms with Gasteiger partial charge in [-0.25, -0.2) is 12.7 Å². The minimum Gasteiger partial charge on any atom is -0.397 e. The van der Waals surface area contributed by atoms with E-state index < -0.39 is 15.9 Å². The van der Waals surface area contributed by atoms with Crippen molar-refractivity contribution in [2.75, 3.05) is 31.7 Å². The largest absolute Gasteiger partial charge is 0.397 e. The van der Waals surface area contributed by atoms with Crippen molar-refractivity contribution in [2.45, 2.75) is 4.90 Å². The van der Waals surface area contributed by atoms with Crippen molar-refractivity contribution >= 4 is 27.3 Å². The number of nitrogens with zero attached hydrogens (tertiary/aromatic N) is 1. The molecule has 0 spiro atoms. The number of primary amides is 1. The maximum absolute atomic E-state index is 11.9. The molecule has 0 unspecified atom stereocenters. The Hall–Kier alpha value is -1.80. The van der Waals surface area contributed by atoms with E-state index in [1.165, 1.54) is 32.3 Å². The fourth-order valence-corrected chi connectivity index (χ4v) is 2.17. The zero-order valence-electron chi connectivity index (χ0n) is 10.2. The van der Waals surface area contributed by atoms with Gasteiger partial charge in [0, 0.05) is 14.1 Å². The SMILES string of the molecule is CN(C)S(=O)(=O)c1ccc(N)c(NCC(N)=O)c1. The lowest BCUT2D eigenvalue weighted by Gasteiger charge is -2.14.